The number of rotatable bonds is 9. The van der Waals surface area contributed by atoms with E-state index in [2.05, 4.69) is 71.5 Å². The van der Waals surface area contributed by atoms with Crippen molar-refractivity contribution in [1.29, 1.82) is 0 Å². The van der Waals surface area contributed by atoms with Gasteiger partial charge in [0.25, 0.3) is 0 Å². The van der Waals surface area contributed by atoms with Crippen molar-refractivity contribution in [3.8, 4) is 0 Å². The fraction of sp³-hybridized carbons (Fsp3) is 0.625. The first-order valence-electron chi connectivity index (χ1n) is 7.31. The molecule has 0 amide bonds. The molecule has 0 radical (unpaired) electrons. The van der Waals surface area contributed by atoms with Crippen molar-refractivity contribution in [1.82, 2.24) is 5.32 Å². The van der Waals surface area contributed by atoms with Crippen molar-refractivity contribution < 1.29 is 0 Å². The summed E-state index contributed by atoms with van der Waals surface area (Å²) in [7, 11) is 2.20. The van der Waals surface area contributed by atoms with Gasteiger partial charge in [-0.2, -0.15) is 11.8 Å². The molecule has 1 unspecified atom stereocenters. The molecular formula is C16H27BrN2S. The van der Waals surface area contributed by atoms with E-state index in [1.165, 1.54) is 29.8 Å². The van der Waals surface area contributed by atoms with Crippen molar-refractivity contribution >= 4 is 33.4 Å². The van der Waals surface area contributed by atoms with Crippen LogP contribution < -0.4 is 10.2 Å². The van der Waals surface area contributed by atoms with Gasteiger partial charge in [0, 0.05) is 29.8 Å². The highest BCUT2D eigenvalue weighted by Gasteiger charge is 2.13. The Hall–Kier alpha value is -0.190. The van der Waals surface area contributed by atoms with Gasteiger partial charge in [-0.1, -0.05) is 28.9 Å². The highest BCUT2D eigenvalue weighted by molar-refractivity contribution is 9.10. The lowest BCUT2D eigenvalue weighted by Crippen LogP contribution is -2.30. The minimum absolute atomic E-state index is 0.557. The summed E-state index contributed by atoms with van der Waals surface area (Å²) >= 11 is 5.52. The first kappa shape index (κ1) is 17.9. The molecule has 0 saturated carbocycles. The Morgan fingerprint density at radius 1 is 1.40 bits per heavy atom. The SMILES string of the molecule is CCCNCc1ccc(Br)cc1N(C)C(C)CCSC. The molecule has 20 heavy (non-hydrogen) atoms. The fourth-order valence-electron chi connectivity index (χ4n) is 2.13. The second-order valence-electron chi connectivity index (χ2n) is 5.19. The summed E-state index contributed by atoms with van der Waals surface area (Å²) in [6.45, 7) is 6.52. The molecule has 0 aliphatic carbocycles. The van der Waals surface area contributed by atoms with E-state index in [9.17, 15) is 0 Å². The lowest BCUT2D eigenvalue weighted by Gasteiger charge is -2.29. The quantitative estimate of drug-likeness (QED) is 0.653. The van der Waals surface area contributed by atoms with Gasteiger partial charge in [0.1, 0.15) is 0 Å². The van der Waals surface area contributed by atoms with E-state index in [1.54, 1.807) is 0 Å². The van der Waals surface area contributed by atoms with E-state index in [0.717, 1.165) is 17.6 Å². The normalized spacial score (nSPS) is 12.4. The smallest absolute Gasteiger partial charge is 0.0422 e. The molecule has 1 rings (SSSR count). The van der Waals surface area contributed by atoms with Gasteiger partial charge in [-0.15, -0.1) is 0 Å². The predicted octanol–water partition coefficient (Wildman–Crippen LogP) is 4.53. The lowest BCUT2D eigenvalue weighted by atomic mass is 10.1. The van der Waals surface area contributed by atoms with Crippen LogP contribution in [-0.4, -0.2) is 31.6 Å². The van der Waals surface area contributed by atoms with Crippen molar-refractivity contribution in [2.24, 2.45) is 0 Å². The molecule has 1 aromatic rings. The van der Waals surface area contributed by atoms with Gasteiger partial charge in [0.15, 0.2) is 0 Å². The zero-order valence-electron chi connectivity index (χ0n) is 13.1. The summed E-state index contributed by atoms with van der Waals surface area (Å²) in [6.07, 6.45) is 4.56. The van der Waals surface area contributed by atoms with Gasteiger partial charge in [-0.05, 0) is 56.0 Å². The van der Waals surface area contributed by atoms with Gasteiger partial charge in [0.2, 0.25) is 0 Å². The monoisotopic (exact) mass is 358 g/mol. The average molecular weight is 359 g/mol. The second-order valence-corrected chi connectivity index (χ2v) is 7.09. The van der Waals surface area contributed by atoms with Crippen LogP contribution in [-0.2, 0) is 6.54 Å². The minimum atomic E-state index is 0.557. The Morgan fingerprint density at radius 2 is 2.15 bits per heavy atom. The van der Waals surface area contributed by atoms with E-state index in [4.69, 9.17) is 0 Å². The Kier molecular flexibility index (Phi) is 8.66. The highest BCUT2D eigenvalue weighted by atomic mass is 79.9. The van der Waals surface area contributed by atoms with Crippen LogP contribution in [0.25, 0.3) is 0 Å². The highest BCUT2D eigenvalue weighted by Crippen LogP contribution is 2.26. The summed E-state index contributed by atoms with van der Waals surface area (Å²) in [6, 6.07) is 7.15. The number of anilines is 1. The molecule has 0 heterocycles. The fourth-order valence-corrected chi connectivity index (χ4v) is 3.06. The summed E-state index contributed by atoms with van der Waals surface area (Å²) in [5.41, 5.74) is 2.71. The molecule has 0 aliphatic heterocycles. The average Bonchev–Trinajstić information content (AvgIpc) is 2.45. The van der Waals surface area contributed by atoms with Crippen molar-refractivity contribution in [3.05, 3.63) is 28.2 Å². The second kappa shape index (κ2) is 9.69. The van der Waals surface area contributed by atoms with Crippen molar-refractivity contribution in [2.75, 3.05) is 30.5 Å². The minimum Gasteiger partial charge on any atom is -0.372 e. The lowest BCUT2D eigenvalue weighted by molar-refractivity contribution is 0.650. The van der Waals surface area contributed by atoms with E-state index >= 15 is 0 Å². The number of nitrogens with zero attached hydrogens (tertiary/aromatic N) is 1. The molecule has 1 atom stereocenters. The van der Waals surface area contributed by atoms with Gasteiger partial charge in [-0.25, -0.2) is 0 Å². The van der Waals surface area contributed by atoms with E-state index in [0.29, 0.717) is 6.04 Å². The molecule has 0 aliphatic rings. The molecular weight excluding hydrogens is 332 g/mol. The third kappa shape index (κ3) is 5.66. The van der Waals surface area contributed by atoms with Crippen molar-refractivity contribution in [3.63, 3.8) is 0 Å². The van der Waals surface area contributed by atoms with Crippen LogP contribution in [0.15, 0.2) is 22.7 Å². The number of hydrogen-bond donors (Lipinski definition) is 1. The zero-order valence-corrected chi connectivity index (χ0v) is 15.5. The first-order valence-corrected chi connectivity index (χ1v) is 9.49. The largest absolute Gasteiger partial charge is 0.372 e. The van der Waals surface area contributed by atoms with E-state index in [-0.39, 0.29) is 0 Å². The molecule has 0 aromatic heterocycles. The third-order valence-electron chi connectivity index (χ3n) is 3.57. The maximum atomic E-state index is 3.60. The third-order valence-corrected chi connectivity index (χ3v) is 4.71. The molecule has 1 aromatic carbocycles. The molecule has 0 fully saturated rings. The van der Waals surface area contributed by atoms with Crippen LogP contribution >= 0.6 is 27.7 Å². The van der Waals surface area contributed by atoms with Crippen LogP contribution in [0.4, 0.5) is 5.69 Å². The number of benzene rings is 1. The van der Waals surface area contributed by atoms with E-state index in [1.807, 2.05) is 11.8 Å². The first-order chi connectivity index (χ1) is 9.60. The summed E-state index contributed by atoms with van der Waals surface area (Å²) in [5, 5.41) is 3.50. The maximum absolute atomic E-state index is 3.60. The molecule has 0 bridgehead atoms. The molecule has 0 saturated heterocycles. The number of hydrogen-bond acceptors (Lipinski definition) is 3. The van der Waals surface area contributed by atoms with Gasteiger partial charge in [-0.3, -0.25) is 0 Å². The Morgan fingerprint density at radius 3 is 2.80 bits per heavy atom. The standard InChI is InChI=1S/C16H27BrN2S/c1-5-9-18-12-14-6-7-15(17)11-16(14)19(3)13(2)8-10-20-4/h6-7,11,13,18H,5,8-10,12H2,1-4H3. The molecule has 2 nitrogen and oxygen atoms in total. The Bertz CT molecular complexity index is 398. The van der Waals surface area contributed by atoms with Crippen LogP contribution in [0.5, 0.6) is 0 Å². The zero-order chi connectivity index (χ0) is 15.0. The topological polar surface area (TPSA) is 15.3 Å². The molecule has 4 heteroatoms. The molecule has 114 valence electrons. The van der Waals surface area contributed by atoms with Gasteiger partial charge < -0.3 is 10.2 Å². The summed E-state index contributed by atoms with van der Waals surface area (Å²) < 4.78 is 1.15. The molecule has 0 spiro atoms. The Labute approximate surface area is 136 Å². The van der Waals surface area contributed by atoms with Crippen molar-refractivity contribution in [2.45, 2.75) is 39.3 Å². The van der Waals surface area contributed by atoms with Crippen LogP contribution in [0.2, 0.25) is 0 Å². The number of nitrogens with one attached hydrogen (secondary N) is 1. The number of halogens is 1. The van der Waals surface area contributed by atoms with Gasteiger partial charge >= 0.3 is 0 Å². The van der Waals surface area contributed by atoms with Crippen LogP contribution in [0.1, 0.15) is 32.3 Å². The van der Waals surface area contributed by atoms with Gasteiger partial charge in [0.05, 0.1) is 0 Å². The van der Waals surface area contributed by atoms with E-state index < -0.39 is 0 Å². The van der Waals surface area contributed by atoms with Crippen LogP contribution in [0.3, 0.4) is 0 Å². The summed E-state index contributed by atoms with van der Waals surface area (Å²) in [5.74, 6) is 1.21. The maximum Gasteiger partial charge on any atom is 0.0422 e. The number of thioether (sulfide) groups is 1. The Balaban J connectivity index is 2.81. The molecule has 1 N–H and O–H groups in total. The predicted molar refractivity (Wildman–Crippen MR) is 97.0 cm³/mol. The summed E-state index contributed by atoms with van der Waals surface area (Å²) in [4.78, 5) is 2.41. The van der Waals surface area contributed by atoms with Crippen LogP contribution in [0, 0.1) is 0 Å².